The van der Waals surface area contributed by atoms with Crippen molar-refractivity contribution in [2.75, 3.05) is 0 Å². The van der Waals surface area contributed by atoms with Crippen molar-refractivity contribution in [3.05, 3.63) is 35.6 Å². The average Bonchev–Trinajstić information content (AvgIpc) is 2.99. The molecule has 2 rings (SSSR count). The van der Waals surface area contributed by atoms with Crippen molar-refractivity contribution in [2.24, 2.45) is 0 Å². The Balaban J connectivity index is 0.000000341. The molecule has 0 aliphatic heterocycles. The van der Waals surface area contributed by atoms with Crippen molar-refractivity contribution >= 4 is 19.7 Å². The molecule has 1 N–H and O–H groups in total. The van der Waals surface area contributed by atoms with Crippen molar-refractivity contribution in [1.82, 2.24) is 0 Å². The zero-order chi connectivity index (χ0) is 14.0. The van der Waals surface area contributed by atoms with Crippen molar-refractivity contribution in [3.8, 4) is 0 Å². The minimum Gasteiger partial charge on any atom is -0.675 e. The van der Waals surface area contributed by atoms with Crippen LogP contribution in [0.25, 0.3) is 5.73 Å². The van der Waals surface area contributed by atoms with E-state index in [1.807, 2.05) is 0 Å². The van der Waals surface area contributed by atoms with Crippen molar-refractivity contribution in [3.63, 3.8) is 0 Å². The lowest BCUT2D eigenvalue weighted by atomic mass is 10.2. The largest absolute Gasteiger partial charge is 0.675 e. The number of benzene rings is 1. The molecule has 0 atom stereocenters. The minimum atomic E-state index is -4.48. The molecule has 0 radical (unpaired) electrons. The van der Waals surface area contributed by atoms with Gasteiger partial charge >= 0.3 is 6.18 Å². The summed E-state index contributed by atoms with van der Waals surface area (Å²) in [6, 6.07) is 3.28. The second kappa shape index (κ2) is 5.46. The molecule has 1 aromatic carbocycles. The van der Waals surface area contributed by atoms with Gasteiger partial charge in [-0.15, -0.1) is 6.04 Å². The molecule has 0 amide bonds. The smallest absolute Gasteiger partial charge is 0.416 e. The molecule has 102 valence electrons. The van der Waals surface area contributed by atoms with Crippen LogP contribution < -0.4 is 0 Å². The summed E-state index contributed by atoms with van der Waals surface area (Å²) in [5.74, 6) is 0. The first-order valence-electron chi connectivity index (χ1n) is 4.94. The van der Waals surface area contributed by atoms with Gasteiger partial charge in [-0.3, -0.25) is 0 Å². The van der Waals surface area contributed by atoms with Gasteiger partial charge in [-0.25, -0.2) is 8.42 Å². The van der Waals surface area contributed by atoms with Gasteiger partial charge in [-0.2, -0.15) is 13.2 Å². The van der Waals surface area contributed by atoms with Crippen LogP contribution in [-0.4, -0.2) is 14.5 Å². The van der Waals surface area contributed by atoms with Gasteiger partial charge in [0, 0.05) is 10.7 Å². The lowest BCUT2D eigenvalue weighted by Gasteiger charge is -2.05. The Bertz CT molecular complexity index is 495. The Kier molecular flexibility index (Phi) is 4.63. The summed E-state index contributed by atoms with van der Waals surface area (Å²) in [5, 5.41) is 0. The predicted octanol–water partition coefficient (Wildman–Crippen LogP) is 3.83. The molecule has 0 aromatic heterocycles. The van der Waals surface area contributed by atoms with E-state index in [2.05, 4.69) is 0 Å². The monoisotopic (exact) mass is 300 g/mol. The molecular formula is C10H10ClF3NO2S-. The van der Waals surface area contributed by atoms with E-state index >= 15 is 0 Å². The second-order valence-corrected chi connectivity index (χ2v) is 6.30. The lowest BCUT2D eigenvalue weighted by molar-refractivity contribution is -0.137. The number of rotatable bonds is 1. The highest BCUT2D eigenvalue weighted by atomic mass is 35.7. The number of halogens is 4. The molecule has 1 saturated carbocycles. The summed E-state index contributed by atoms with van der Waals surface area (Å²) >= 11 is 0. The zero-order valence-corrected chi connectivity index (χ0v) is 10.6. The summed E-state index contributed by atoms with van der Waals surface area (Å²) in [5.41, 5.74) is 5.78. The first-order valence-corrected chi connectivity index (χ1v) is 7.24. The SMILES string of the molecule is O=S(=O)(Cl)c1ccc(C(F)(F)F)cc1.[NH-]C1CC1. The third-order valence-corrected chi connectivity index (χ3v) is 3.41. The van der Waals surface area contributed by atoms with Crippen LogP contribution in [0, 0.1) is 0 Å². The Labute approximate surface area is 107 Å². The Hall–Kier alpha value is -0.790. The fourth-order valence-electron chi connectivity index (χ4n) is 0.890. The molecule has 0 spiro atoms. The molecular weight excluding hydrogens is 291 g/mol. The first kappa shape index (κ1) is 15.3. The highest BCUT2D eigenvalue weighted by molar-refractivity contribution is 8.13. The van der Waals surface area contributed by atoms with Crippen molar-refractivity contribution < 1.29 is 21.6 Å². The number of nitrogens with one attached hydrogen (secondary N) is 1. The molecule has 18 heavy (non-hydrogen) atoms. The molecule has 0 unspecified atom stereocenters. The Morgan fingerprint density at radius 2 is 1.56 bits per heavy atom. The van der Waals surface area contributed by atoms with E-state index < -0.39 is 20.8 Å². The molecule has 1 aromatic rings. The Morgan fingerprint density at radius 1 is 1.17 bits per heavy atom. The molecule has 3 nitrogen and oxygen atoms in total. The van der Waals surface area contributed by atoms with Crippen LogP contribution in [0.2, 0.25) is 0 Å². The van der Waals surface area contributed by atoms with Crippen LogP contribution in [0.4, 0.5) is 13.2 Å². The quantitative estimate of drug-likeness (QED) is 0.740. The van der Waals surface area contributed by atoms with Crippen molar-refractivity contribution in [2.45, 2.75) is 30.0 Å². The van der Waals surface area contributed by atoms with Crippen LogP contribution in [0.1, 0.15) is 18.4 Å². The van der Waals surface area contributed by atoms with Gasteiger partial charge in [-0.1, -0.05) is 12.8 Å². The Morgan fingerprint density at radius 3 is 1.78 bits per heavy atom. The van der Waals surface area contributed by atoms with E-state index in [9.17, 15) is 21.6 Å². The molecule has 0 saturated heterocycles. The van der Waals surface area contributed by atoms with E-state index in [1.165, 1.54) is 0 Å². The topological polar surface area (TPSA) is 57.9 Å². The maximum atomic E-state index is 12.0. The summed E-state index contributed by atoms with van der Waals surface area (Å²) in [6.45, 7) is 0. The number of hydrogen-bond donors (Lipinski definition) is 0. The normalized spacial score (nSPS) is 15.8. The molecule has 0 bridgehead atoms. The molecule has 1 aliphatic carbocycles. The van der Waals surface area contributed by atoms with Gasteiger partial charge < -0.3 is 5.73 Å². The standard InChI is InChI=1S/C7H4ClF3O2S.C3H6N/c8-14(12,13)6-3-1-5(2-4-6)7(9,10)11;4-3-1-2-3/h1-4H;3-4H,1-2H2/q;-1. The zero-order valence-electron chi connectivity index (χ0n) is 9.04. The molecule has 0 heterocycles. The van der Waals surface area contributed by atoms with Crippen LogP contribution in [-0.2, 0) is 15.2 Å². The van der Waals surface area contributed by atoms with Gasteiger partial charge in [0.15, 0.2) is 0 Å². The summed E-state index contributed by atoms with van der Waals surface area (Å²) in [7, 11) is 0.956. The summed E-state index contributed by atoms with van der Waals surface area (Å²) in [6.07, 6.45) is -2.17. The van der Waals surface area contributed by atoms with Crippen molar-refractivity contribution in [1.29, 1.82) is 0 Å². The van der Waals surface area contributed by atoms with E-state index in [0.717, 1.165) is 25.0 Å². The fraction of sp³-hybridized carbons (Fsp3) is 0.400. The van der Waals surface area contributed by atoms with Gasteiger partial charge in [0.1, 0.15) is 0 Å². The third-order valence-electron chi connectivity index (χ3n) is 2.04. The average molecular weight is 301 g/mol. The fourth-order valence-corrected chi connectivity index (χ4v) is 1.66. The van der Waals surface area contributed by atoms with E-state index in [-0.39, 0.29) is 4.90 Å². The highest BCUT2D eigenvalue weighted by Gasteiger charge is 2.30. The van der Waals surface area contributed by atoms with Gasteiger partial charge in [-0.05, 0) is 24.3 Å². The minimum absolute atomic E-state index is 0.333. The van der Waals surface area contributed by atoms with E-state index in [4.69, 9.17) is 16.4 Å². The maximum Gasteiger partial charge on any atom is 0.416 e. The second-order valence-electron chi connectivity index (χ2n) is 3.73. The van der Waals surface area contributed by atoms with Crippen LogP contribution in [0.3, 0.4) is 0 Å². The summed E-state index contributed by atoms with van der Waals surface area (Å²) < 4.78 is 57.5. The number of hydrogen-bond acceptors (Lipinski definition) is 2. The van der Waals surface area contributed by atoms with Gasteiger partial charge in [0.2, 0.25) is 0 Å². The van der Waals surface area contributed by atoms with E-state index in [1.54, 1.807) is 0 Å². The number of alkyl halides is 3. The highest BCUT2D eigenvalue weighted by Crippen LogP contribution is 2.30. The van der Waals surface area contributed by atoms with Crippen LogP contribution in [0.5, 0.6) is 0 Å². The van der Waals surface area contributed by atoms with Gasteiger partial charge in [0.05, 0.1) is 10.5 Å². The first-order chi connectivity index (χ1) is 8.10. The molecule has 8 heteroatoms. The molecule has 1 aliphatic rings. The predicted molar refractivity (Wildman–Crippen MR) is 61.8 cm³/mol. The third kappa shape index (κ3) is 5.24. The molecule has 1 fully saturated rings. The van der Waals surface area contributed by atoms with Crippen LogP contribution >= 0.6 is 10.7 Å². The van der Waals surface area contributed by atoms with Gasteiger partial charge in [0.25, 0.3) is 9.05 Å². The lowest BCUT2D eigenvalue weighted by Crippen LogP contribution is -2.04. The maximum absolute atomic E-state index is 12.0. The summed E-state index contributed by atoms with van der Waals surface area (Å²) in [4.78, 5) is -0.354. The van der Waals surface area contributed by atoms with E-state index in [0.29, 0.717) is 18.2 Å². The van der Waals surface area contributed by atoms with Crippen LogP contribution in [0.15, 0.2) is 29.2 Å².